The van der Waals surface area contributed by atoms with Gasteiger partial charge < -0.3 is 14.8 Å². The summed E-state index contributed by atoms with van der Waals surface area (Å²) in [5, 5.41) is 7.54. The Bertz CT molecular complexity index is 1160. The molecule has 0 unspecified atom stereocenters. The first-order valence-corrected chi connectivity index (χ1v) is 9.91. The molecule has 3 heterocycles. The van der Waals surface area contributed by atoms with Crippen LogP contribution in [0.5, 0.6) is 11.5 Å². The normalized spacial score (nSPS) is 17.3. The maximum atomic E-state index is 13.4. The van der Waals surface area contributed by atoms with Crippen LogP contribution in [0, 0.1) is 13.8 Å². The molecule has 152 valence electrons. The van der Waals surface area contributed by atoms with E-state index in [9.17, 15) is 9.59 Å². The van der Waals surface area contributed by atoms with Gasteiger partial charge in [0.2, 0.25) is 5.91 Å². The molecule has 0 saturated carbocycles. The van der Waals surface area contributed by atoms with Gasteiger partial charge in [-0.2, -0.15) is 5.10 Å². The molecule has 0 spiro atoms. The van der Waals surface area contributed by atoms with Crippen LogP contribution in [-0.4, -0.2) is 34.7 Å². The lowest BCUT2D eigenvalue weighted by molar-refractivity contribution is -0.116. The van der Waals surface area contributed by atoms with Crippen LogP contribution in [0.4, 0.5) is 5.82 Å². The number of nitrogens with zero attached hydrogens (tertiary/aromatic N) is 2. The molecule has 1 aromatic heterocycles. The quantitative estimate of drug-likeness (QED) is 0.676. The molecule has 0 radical (unpaired) electrons. The van der Waals surface area contributed by atoms with Crippen LogP contribution >= 0.6 is 0 Å². The van der Waals surface area contributed by atoms with E-state index in [1.807, 2.05) is 38.1 Å². The van der Waals surface area contributed by atoms with Gasteiger partial charge in [-0.1, -0.05) is 17.7 Å². The molecule has 7 nitrogen and oxygen atoms in total. The second-order valence-electron chi connectivity index (χ2n) is 7.62. The third kappa shape index (κ3) is 3.03. The van der Waals surface area contributed by atoms with E-state index in [0.29, 0.717) is 36.1 Å². The number of anilines is 1. The number of aromatic nitrogens is 2. The first-order chi connectivity index (χ1) is 14.5. The van der Waals surface area contributed by atoms with Gasteiger partial charge in [0.25, 0.3) is 0 Å². The highest BCUT2D eigenvalue weighted by atomic mass is 16.6. The number of fused-ring (bicyclic) bond motifs is 2. The number of ether oxygens (including phenoxy) is 2. The zero-order chi connectivity index (χ0) is 20.8. The molecule has 3 aromatic rings. The van der Waals surface area contributed by atoms with Gasteiger partial charge in [-0.25, -0.2) is 4.68 Å². The summed E-state index contributed by atoms with van der Waals surface area (Å²) < 4.78 is 12.9. The first kappa shape index (κ1) is 18.4. The third-order valence-corrected chi connectivity index (χ3v) is 5.52. The molecule has 2 aliphatic rings. The largest absolute Gasteiger partial charge is 0.486 e. The Labute approximate surface area is 173 Å². The number of Topliss-reactive ketones (excluding diaryl/α,β-unsaturated/α-hetero) is 1. The van der Waals surface area contributed by atoms with Gasteiger partial charge in [-0.3, -0.25) is 9.59 Å². The fourth-order valence-corrected chi connectivity index (χ4v) is 4.04. The average Bonchev–Trinajstić information content (AvgIpc) is 3.09. The second-order valence-corrected chi connectivity index (χ2v) is 7.62. The highest BCUT2D eigenvalue weighted by Crippen LogP contribution is 2.39. The lowest BCUT2D eigenvalue weighted by Gasteiger charge is -2.24. The van der Waals surface area contributed by atoms with Gasteiger partial charge >= 0.3 is 0 Å². The van der Waals surface area contributed by atoms with E-state index in [0.717, 1.165) is 22.5 Å². The van der Waals surface area contributed by atoms with Crippen molar-refractivity contribution in [3.05, 3.63) is 64.8 Å². The molecule has 0 saturated heterocycles. The van der Waals surface area contributed by atoms with E-state index in [-0.39, 0.29) is 18.1 Å². The van der Waals surface area contributed by atoms with Gasteiger partial charge in [0.1, 0.15) is 19.0 Å². The van der Waals surface area contributed by atoms with Crippen molar-refractivity contribution in [1.82, 2.24) is 9.78 Å². The minimum atomic E-state index is -0.601. The summed E-state index contributed by atoms with van der Waals surface area (Å²) in [4.78, 5) is 25.9. The summed E-state index contributed by atoms with van der Waals surface area (Å²) in [6.07, 6.45) is 0.0840. The van der Waals surface area contributed by atoms with Crippen LogP contribution < -0.4 is 14.8 Å². The Morgan fingerprint density at radius 2 is 1.80 bits per heavy atom. The van der Waals surface area contributed by atoms with Crippen LogP contribution in [0.3, 0.4) is 0 Å². The van der Waals surface area contributed by atoms with Crippen molar-refractivity contribution in [3.63, 3.8) is 0 Å². The molecule has 1 N–H and O–H groups in total. The van der Waals surface area contributed by atoms with E-state index >= 15 is 0 Å². The Kier molecular flexibility index (Phi) is 4.31. The number of carbonyl (C=O) groups is 2. The summed E-state index contributed by atoms with van der Waals surface area (Å²) in [5.41, 5.74) is 3.94. The van der Waals surface area contributed by atoms with Gasteiger partial charge in [-0.05, 0) is 44.2 Å². The average molecular weight is 403 g/mol. The Hall–Kier alpha value is -3.61. The Morgan fingerprint density at radius 3 is 2.57 bits per heavy atom. The maximum absolute atomic E-state index is 13.4. The molecule has 30 heavy (non-hydrogen) atoms. The fraction of sp³-hybridized carbons (Fsp3) is 0.261. The van der Waals surface area contributed by atoms with Gasteiger partial charge in [0.05, 0.1) is 17.3 Å². The Balaban J connectivity index is 1.56. The number of hydrogen-bond acceptors (Lipinski definition) is 5. The van der Waals surface area contributed by atoms with E-state index < -0.39 is 5.92 Å². The van der Waals surface area contributed by atoms with E-state index in [1.54, 1.807) is 22.9 Å². The molecule has 7 heteroatoms. The van der Waals surface area contributed by atoms with Crippen LogP contribution in [0.25, 0.3) is 5.69 Å². The number of ketones is 1. The molecule has 2 aromatic carbocycles. The molecular formula is C23H21N3O4. The Morgan fingerprint density at radius 1 is 1.07 bits per heavy atom. The minimum absolute atomic E-state index is 0.0840. The molecule has 1 atom stereocenters. The number of benzene rings is 2. The summed E-state index contributed by atoms with van der Waals surface area (Å²) in [5.74, 6) is 0.809. The van der Waals surface area contributed by atoms with E-state index in [2.05, 4.69) is 10.4 Å². The van der Waals surface area contributed by atoms with Crippen LogP contribution in [0.2, 0.25) is 0 Å². The number of aryl methyl sites for hydroxylation is 2. The van der Waals surface area contributed by atoms with Crippen LogP contribution in [0.1, 0.15) is 39.5 Å². The predicted molar refractivity (Wildman–Crippen MR) is 111 cm³/mol. The molecule has 5 rings (SSSR count). The highest BCUT2D eigenvalue weighted by molar-refractivity contribution is 6.08. The number of rotatable bonds is 3. The SMILES string of the molecule is Cc1ccc(-n2nc(C)c3c2NC(=O)C[C@@H]3C(=O)c2ccc3c(c2)OCCO3)cc1. The molecule has 0 bridgehead atoms. The van der Waals surface area contributed by atoms with Gasteiger partial charge in [-0.15, -0.1) is 0 Å². The number of hydrogen-bond donors (Lipinski definition) is 1. The van der Waals surface area contributed by atoms with Gasteiger partial charge in [0.15, 0.2) is 17.3 Å². The molecule has 0 aliphatic carbocycles. The minimum Gasteiger partial charge on any atom is -0.486 e. The fourth-order valence-electron chi connectivity index (χ4n) is 4.04. The molecule has 1 amide bonds. The number of amides is 1. The summed E-state index contributed by atoms with van der Waals surface area (Å²) in [6, 6.07) is 13.0. The van der Waals surface area contributed by atoms with E-state index in [1.165, 1.54) is 0 Å². The lowest BCUT2D eigenvalue weighted by atomic mass is 9.85. The highest BCUT2D eigenvalue weighted by Gasteiger charge is 2.36. The summed E-state index contributed by atoms with van der Waals surface area (Å²) in [7, 11) is 0. The number of carbonyl (C=O) groups excluding carboxylic acids is 2. The third-order valence-electron chi connectivity index (χ3n) is 5.52. The van der Waals surface area contributed by atoms with Crippen LogP contribution in [-0.2, 0) is 4.79 Å². The predicted octanol–water partition coefficient (Wildman–Crippen LogP) is 3.57. The summed E-state index contributed by atoms with van der Waals surface area (Å²) in [6.45, 7) is 4.81. The second kappa shape index (κ2) is 7.02. The van der Waals surface area contributed by atoms with Crippen molar-refractivity contribution in [1.29, 1.82) is 0 Å². The standard InChI is InChI=1S/C23H21N3O4/c1-13-3-6-16(7-4-13)26-23-21(14(2)25-26)17(12-20(27)24-23)22(28)15-5-8-18-19(11-15)30-10-9-29-18/h3-8,11,17H,9-10,12H2,1-2H3,(H,24,27)/t17-/m0/s1. The zero-order valence-electron chi connectivity index (χ0n) is 16.8. The van der Waals surface area contributed by atoms with Crippen molar-refractivity contribution < 1.29 is 19.1 Å². The van der Waals surface area contributed by atoms with Crippen LogP contribution in [0.15, 0.2) is 42.5 Å². The van der Waals surface area contributed by atoms with Crippen molar-refractivity contribution in [2.45, 2.75) is 26.2 Å². The monoisotopic (exact) mass is 403 g/mol. The molecule has 2 aliphatic heterocycles. The molecular weight excluding hydrogens is 382 g/mol. The van der Waals surface area contributed by atoms with Crippen molar-refractivity contribution in [3.8, 4) is 17.2 Å². The van der Waals surface area contributed by atoms with Gasteiger partial charge in [0, 0.05) is 17.5 Å². The topological polar surface area (TPSA) is 82.5 Å². The smallest absolute Gasteiger partial charge is 0.226 e. The zero-order valence-corrected chi connectivity index (χ0v) is 16.8. The van der Waals surface area contributed by atoms with Crippen molar-refractivity contribution in [2.75, 3.05) is 18.5 Å². The first-order valence-electron chi connectivity index (χ1n) is 9.91. The summed E-state index contributed by atoms with van der Waals surface area (Å²) >= 11 is 0. The number of nitrogens with one attached hydrogen (secondary N) is 1. The van der Waals surface area contributed by atoms with E-state index in [4.69, 9.17) is 9.47 Å². The molecule has 0 fully saturated rings. The lowest BCUT2D eigenvalue weighted by Crippen LogP contribution is -2.28. The van der Waals surface area contributed by atoms with Crippen molar-refractivity contribution in [2.24, 2.45) is 0 Å². The van der Waals surface area contributed by atoms with Crippen molar-refractivity contribution >= 4 is 17.5 Å². The maximum Gasteiger partial charge on any atom is 0.226 e.